The molecule has 2 N–H and O–H groups in total. The van der Waals surface area contributed by atoms with E-state index >= 15 is 0 Å². The first-order valence-corrected chi connectivity index (χ1v) is 10.9. The van der Waals surface area contributed by atoms with Gasteiger partial charge in [0.05, 0.1) is 0 Å². The number of nitrogens with one attached hydrogen (secondary N) is 2. The molecule has 1 saturated carbocycles. The molecule has 7 nitrogen and oxygen atoms in total. The third-order valence-electron chi connectivity index (χ3n) is 5.13. The van der Waals surface area contributed by atoms with Gasteiger partial charge in [-0.15, -0.1) is 24.0 Å². The molecule has 1 aliphatic heterocycles. The Morgan fingerprint density at radius 1 is 1.24 bits per heavy atom. The van der Waals surface area contributed by atoms with Crippen molar-refractivity contribution in [1.29, 1.82) is 0 Å². The van der Waals surface area contributed by atoms with Crippen molar-refractivity contribution in [3.8, 4) is 0 Å². The minimum Gasteiger partial charge on any atom is -0.444 e. The first kappa shape index (κ1) is 26.3. The summed E-state index contributed by atoms with van der Waals surface area (Å²) < 4.78 is 5.42. The molecule has 1 saturated heterocycles. The second-order valence-electron chi connectivity index (χ2n) is 9.37. The van der Waals surface area contributed by atoms with E-state index in [0.29, 0.717) is 19.1 Å². The first-order valence-electron chi connectivity index (χ1n) is 10.9. The summed E-state index contributed by atoms with van der Waals surface area (Å²) in [6.45, 7) is 14.4. The van der Waals surface area contributed by atoms with Crippen LogP contribution in [0.4, 0.5) is 4.79 Å². The molecule has 0 aromatic rings. The average molecular weight is 524 g/mol. The molecule has 0 aromatic heterocycles. The van der Waals surface area contributed by atoms with E-state index in [4.69, 9.17) is 9.73 Å². The van der Waals surface area contributed by atoms with Crippen molar-refractivity contribution < 1.29 is 9.53 Å². The van der Waals surface area contributed by atoms with E-state index in [1.165, 1.54) is 38.8 Å². The second-order valence-corrected chi connectivity index (χ2v) is 9.37. The number of aliphatic imine (C=N–C) groups is 1. The second kappa shape index (κ2) is 12.2. The van der Waals surface area contributed by atoms with Crippen LogP contribution in [0.1, 0.15) is 60.3 Å². The summed E-state index contributed by atoms with van der Waals surface area (Å²) in [5, 5.41) is 6.97. The lowest BCUT2D eigenvalue weighted by atomic mass is 10.1. The SMILES string of the molecule is CCNC(=NCC(C)CN(C)C(=O)OC(C)(C)C)NC1CCN(C2CC2)CC1.I. The molecule has 0 bridgehead atoms. The molecular formula is C21H42IN5O2. The highest BCUT2D eigenvalue weighted by molar-refractivity contribution is 14.0. The zero-order chi connectivity index (χ0) is 20.7. The minimum absolute atomic E-state index is 0. The number of piperidine rings is 1. The van der Waals surface area contributed by atoms with Crippen molar-refractivity contribution in [3.05, 3.63) is 0 Å². The van der Waals surface area contributed by atoms with E-state index in [-0.39, 0.29) is 36.0 Å². The summed E-state index contributed by atoms with van der Waals surface area (Å²) in [4.78, 5) is 21.2. The summed E-state index contributed by atoms with van der Waals surface area (Å²) in [5.74, 6) is 1.14. The summed E-state index contributed by atoms with van der Waals surface area (Å²) in [6, 6.07) is 1.36. The van der Waals surface area contributed by atoms with Gasteiger partial charge in [-0.1, -0.05) is 6.92 Å². The van der Waals surface area contributed by atoms with E-state index in [1.54, 1.807) is 11.9 Å². The van der Waals surface area contributed by atoms with Gasteiger partial charge >= 0.3 is 6.09 Å². The Morgan fingerprint density at radius 2 is 1.86 bits per heavy atom. The Balaban J connectivity index is 0.00000420. The number of likely N-dealkylation sites (tertiary alicyclic amines) is 1. The third kappa shape index (κ3) is 10.2. The fourth-order valence-electron chi connectivity index (χ4n) is 3.55. The Kier molecular flexibility index (Phi) is 11.0. The lowest BCUT2D eigenvalue weighted by Gasteiger charge is -2.33. The molecule has 8 heteroatoms. The van der Waals surface area contributed by atoms with Crippen LogP contribution in [0.2, 0.25) is 0 Å². The maximum atomic E-state index is 12.1. The molecule has 0 aromatic carbocycles. The van der Waals surface area contributed by atoms with Gasteiger partial charge < -0.3 is 25.2 Å². The number of rotatable bonds is 7. The quantitative estimate of drug-likeness (QED) is 0.305. The van der Waals surface area contributed by atoms with E-state index in [9.17, 15) is 4.79 Å². The van der Waals surface area contributed by atoms with E-state index in [1.807, 2.05) is 20.8 Å². The zero-order valence-electron chi connectivity index (χ0n) is 19.2. The Bertz CT molecular complexity index is 526. The molecule has 1 atom stereocenters. The highest BCUT2D eigenvalue weighted by Crippen LogP contribution is 2.29. The minimum atomic E-state index is -0.468. The predicted octanol–water partition coefficient (Wildman–Crippen LogP) is 3.29. The predicted molar refractivity (Wildman–Crippen MR) is 130 cm³/mol. The van der Waals surface area contributed by atoms with Crippen LogP contribution >= 0.6 is 24.0 Å². The van der Waals surface area contributed by atoms with Crippen LogP contribution in [0.5, 0.6) is 0 Å². The fourth-order valence-corrected chi connectivity index (χ4v) is 3.55. The van der Waals surface area contributed by atoms with Crippen molar-refractivity contribution in [1.82, 2.24) is 20.4 Å². The van der Waals surface area contributed by atoms with Gasteiger partial charge in [-0.05, 0) is 59.3 Å². The summed E-state index contributed by atoms with van der Waals surface area (Å²) in [7, 11) is 1.78. The number of hydrogen-bond acceptors (Lipinski definition) is 4. The highest BCUT2D eigenvalue weighted by atomic mass is 127. The molecule has 2 aliphatic rings. The molecule has 0 spiro atoms. The topological polar surface area (TPSA) is 69.2 Å². The summed E-state index contributed by atoms with van der Waals surface area (Å²) in [5.41, 5.74) is -0.468. The van der Waals surface area contributed by atoms with Gasteiger partial charge in [0, 0.05) is 51.9 Å². The maximum Gasteiger partial charge on any atom is 0.410 e. The number of nitrogens with zero attached hydrogens (tertiary/aromatic N) is 3. The molecule has 1 aliphatic carbocycles. The normalized spacial score (nSPS) is 19.9. The third-order valence-corrected chi connectivity index (χ3v) is 5.13. The largest absolute Gasteiger partial charge is 0.444 e. The lowest BCUT2D eigenvalue weighted by molar-refractivity contribution is 0.0279. The van der Waals surface area contributed by atoms with Gasteiger partial charge in [-0.3, -0.25) is 4.99 Å². The Morgan fingerprint density at radius 3 is 2.38 bits per heavy atom. The number of hydrogen-bond donors (Lipinski definition) is 2. The zero-order valence-corrected chi connectivity index (χ0v) is 21.5. The van der Waals surface area contributed by atoms with E-state index < -0.39 is 5.60 Å². The summed E-state index contributed by atoms with van der Waals surface area (Å²) >= 11 is 0. The van der Waals surface area contributed by atoms with Crippen LogP contribution in [0, 0.1) is 5.92 Å². The average Bonchev–Trinajstić information content (AvgIpc) is 3.44. The van der Waals surface area contributed by atoms with Gasteiger partial charge in [-0.2, -0.15) is 0 Å². The molecule has 1 unspecified atom stereocenters. The van der Waals surface area contributed by atoms with Gasteiger partial charge in [0.2, 0.25) is 0 Å². The Labute approximate surface area is 194 Å². The number of guanidine groups is 1. The molecule has 2 rings (SSSR count). The monoisotopic (exact) mass is 523 g/mol. The van der Waals surface area contributed by atoms with Crippen molar-refractivity contribution in [2.45, 2.75) is 78.0 Å². The Hall–Kier alpha value is -0.770. The first-order chi connectivity index (χ1) is 13.2. The maximum absolute atomic E-state index is 12.1. The molecule has 1 heterocycles. The van der Waals surface area contributed by atoms with Crippen LogP contribution < -0.4 is 10.6 Å². The van der Waals surface area contributed by atoms with Crippen LogP contribution in [-0.2, 0) is 4.74 Å². The number of halogens is 1. The van der Waals surface area contributed by atoms with E-state index in [2.05, 4.69) is 29.4 Å². The van der Waals surface area contributed by atoms with Gasteiger partial charge in [0.1, 0.15) is 5.60 Å². The molecule has 29 heavy (non-hydrogen) atoms. The van der Waals surface area contributed by atoms with Crippen LogP contribution in [0.25, 0.3) is 0 Å². The molecule has 2 fully saturated rings. The smallest absolute Gasteiger partial charge is 0.410 e. The van der Waals surface area contributed by atoms with Gasteiger partial charge in [-0.25, -0.2) is 4.79 Å². The highest BCUT2D eigenvalue weighted by Gasteiger charge is 2.31. The summed E-state index contributed by atoms with van der Waals surface area (Å²) in [6.07, 6.45) is 4.85. The fraction of sp³-hybridized carbons (Fsp3) is 0.905. The molecular weight excluding hydrogens is 481 g/mol. The number of ether oxygens (including phenoxy) is 1. The van der Waals surface area contributed by atoms with Crippen LogP contribution in [0.15, 0.2) is 4.99 Å². The van der Waals surface area contributed by atoms with Gasteiger partial charge in [0.25, 0.3) is 0 Å². The standard InChI is InChI=1S/C21H41N5O2.HI/c1-7-22-19(24-17-10-12-26(13-11-17)18-8-9-18)23-14-16(2)15-25(6)20(27)28-21(3,4)5;/h16-18H,7-15H2,1-6H3,(H2,22,23,24);1H. The molecule has 1 amide bonds. The lowest BCUT2D eigenvalue weighted by Crippen LogP contribution is -2.49. The van der Waals surface area contributed by atoms with Crippen molar-refractivity contribution in [3.63, 3.8) is 0 Å². The van der Waals surface area contributed by atoms with Crippen molar-refractivity contribution in [2.24, 2.45) is 10.9 Å². The van der Waals surface area contributed by atoms with Gasteiger partial charge in [0.15, 0.2) is 5.96 Å². The van der Waals surface area contributed by atoms with Crippen LogP contribution in [0.3, 0.4) is 0 Å². The molecule has 0 radical (unpaired) electrons. The van der Waals surface area contributed by atoms with Crippen LogP contribution in [-0.4, -0.2) is 79.3 Å². The number of amides is 1. The van der Waals surface area contributed by atoms with Crippen molar-refractivity contribution >= 4 is 36.0 Å². The van der Waals surface area contributed by atoms with Crippen molar-refractivity contribution in [2.75, 3.05) is 39.8 Å². The molecule has 170 valence electrons. The van der Waals surface area contributed by atoms with E-state index in [0.717, 1.165) is 18.5 Å². The number of carbonyl (C=O) groups excluding carboxylic acids is 1. The number of carbonyl (C=O) groups is 1.